The number of aliphatic hydroxyl groups excluding tert-OH is 1. The molecule has 0 saturated carbocycles. The fourth-order valence-electron chi connectivity index (χ4n) is 4.53. The number of halogens is 2. The predicted molar refractivity (Wildman–Crippen MR) is 98.0 cm³/mol. The van der Waals surface area contributed by atoms with Crippen LogP contribution in [0.15, 0.2) is 23.4 Å². The van der Waals surface area contributed by atoms with Gasteiger partial charge in [-0.2, -0.15) is 0 Å². The molecule has 2 aliphatic heterocycles. The van der Waals surface area contributed by atoms with Crippen molar-refractivity contribution >= 4 is 28.9 Å². The summed E-state index contributed by atoms with van der Waals surface area (Å²) in [6.07, 6.45) is 2.22. The summed E-state index contributed by atoms with van der Waals surface area (Å²) in [5.41, 5.74) is 2.15. The largest absolute Gasteiger partial charge is 0.399 e. The number of likely N-dealkylation sites (N-methyl/N-ethyl adjacent to an activating group) is 1. The molecule has 2 fully saturated rings. The summed E-state index contributed by atoms with van der Waals surface area (Å²) in [4.78, 5) is 7.40. The maximum Gasteiger partial charge on any atom is 0.106 e. The monoisotopic (exact) mass is 370 g/mol. The van der Waals surface area contributed by atoms with E-state index < -0.39 is 0 Å². The van der Waals surface area contributed by atoms with Crippen LogP contribution in [0.3, 0.4) is 0 Å². The van der Waals surface area contributed by atoms with Crippen molar-refractivity contribution in [3.8, 4) is 0 Å². The first-order valence-corrected chi connectivity index (χ1v) is 9.18. The number of fused-ring (bicyclic) bond motifs is 2. The third-order valence-corrected chi connectivity index (χ3v) is 6.35. The highest BCUT2D eigenvalue weighted by Gasteiger charge is 2.52. The summed E-state index contributed by atoms with van der Waals surface area (Å²) in [5.74, 6) is 0.350. The third-order valence-electron chi connectivity index (χ3n) is 5.61. The van der Waals surface area contributed by atoms with Gasteiger partial charge in [-0.3, -0.25) is 4.90 Å². The molecule has 0 aromatic heterocycles. The Labute approximate surface area is 153 Å². The van der Waals surface area contributed by atoms with E-state index in [2.05, 4.69) is 24.0 Å². The zero-order valence-corrected chi connectivity index (χ0v) is 15.8. The number of aliphatic hydroxyl groups is 1. The van der Waals surface area contributed by atoms with Crippen LogP contribution in [0.25, 0.3) is 0 Å². The van der Waals surface area contributed by atoms with Gasteiger partial charge in [-0.05, 0) is 49.9 Å². The zero-order valence-electron chi connectivity index (χ0n) is 14.2. The molecule has 4 nitrogen and oxygen atoms in total. The Balaban J connectivity index is 2.05. The van der Waals surface area contributed by atoms with Crippen LogP contribution in [-0.2, 0) is 4.84 Å². The first kappa shape index (κ1) is 18.0. The minimum absolute atomic E-state index is 0.0528. The van der Waals surface area contributed by atoms with E-state index in [9.17, 15) is 5.11 Å². The lowest BCUT2D eigenvalue weighted by Gasteiger charge is -2.44. The highest BCUT2D eigenvalue weighted by molar-refractivity contribution is 6.42. The second-order valence-electron chi connectivity index (χ2n) is 6.77. The van der Waals surface area contributed by atoms with Crippen molar-refractivity contribution in [2.45, 2.75) is 50.3 Å². The van der Waals surface area contributed by atoms with E-state index in [0.29, 0.717) is 16.1 Å². The van der Waals surface area contributed by atoms with Crippen molar-refractivity contribution in [2.24, 2.45) is 11.1 Å². The molecule has 0 spiro atoms. The molecule has 3 rings (SSSR count). The zero-order chi connectivity index (χ0) is 17.4. The topological polar surface area (TPSA) is 45.1 Å². The fourth-order valence-corrected chi connectivity index (χ4v) is 4.83. The summed E-state index contributed by atoms with van der Waals surface area (Å²) >= 11 is 12.3. The summed E-state index contributed by atoms with van der Waals surface area (Å²) in [6.45, 7) is 2.08. The summed E-state index contributed by atoms with van der Waals surface area (Å²) < 4.78 is 0. The van der Waals surface area contributed by atoms with E-state index >= 15 is 0 Å². The average molecular weight is 371 g/mol. The Morgan fingerprint density at radius 2 is 2.08 bits per heavy atom. The van der Waals surface area contributed by atoms with Gasteiger partial charge in [0, 0.05) is 18.0 Å². The van der Waals surface area contributed by atoms with Gasteiger partial charge in [-0.15, -0.1) is 0 Å². The molecule has 0 aliphatic carbocycles. The van der Waals surface area contributed by atoms with Crippen LogP contribution in [-0.4, -0.2) is 48.1 Å². The minimum atomic E-state index is -0.341. The van der Waals surface area contributed by atoms with Crippen molar-refractivity contribution in [1.82, 2.24) is 4.90 Å². The molecule has 5 atom stereocenters. The second-order valence-corrected chi connectivity index (χ2v) is 7.59. The number of piperidine rings is 1. The number of oxime groups is 1. The predicted octanol–water partition coefficient (Wildman–Crippen LogP) is 3.94. The van der Waals surface area contributed by atoms with Crippen LogP contribution in [0, 0.1) is 5.92 Å². The molecule has 1 aromatic rings. The number of nitrogens with zero attached hydrogens (tertiary/aromatic N) is 2. The van der Waals surface area contributed by atoms with E-state index in [1.807, 2.05) is 18.2 Å². The van der Waals surface area contributed by atoms with Gasteiger partial charge in [0.25, 0.3) is 0 Å². The molecule has 1 aromatic carbocycles. The molecule has 6 heteroatoms. The number of benzene rings is 1. The van der Waals surface area contributed by atoms with Gasteiger partial charge < -0.3 is 9.94 Å². The van der Waals surface area contributed by atoms with Crippen molar-refractivity contribution in [2.75, 3.05) is 14.2 Å². The normalized spacial score (nSPS) is 33.8. The van der Waals surface area contributed by atoms with Gasteiger partial charge in [0.1, 0.15) is 7.11 Å². The Morgan fingerprint density at radius 3 is 2.71 bits per heavy atom. The minimum Gasteiger partial charge on any atom is -0.399 e. The molecular formula is C18H24Cl2N2O2. The Morgan fingerprint density at radius 1 is 1.33 bits per heavy atom. The van der Waals surface area contributed by atoms with E-state index in [1.165, 1.54) is 0 Å². The van der Waals surface area contributed by atoms with Gasteiger partial charge in [-0.25, -0.2) is 0 Å². The fraction of sp³-hybridized carbons (Fsp3) is 0.611. The first-order chi connectivity index (χ1) is 11.5. The summed E-state index contributed by atoms with van der Waals surface area (Å²) in [6, 6.07) is 6.28. The van der Waals surface area contributed by atoms with E-state index in [-0.39, 0.29) is 24.0 Å². The maximum absolute atomic E-state index is 10.6. The van der Waals surface area contributed by atoms with Crippen LogP contribution >= 0.6 is 23.2 Å². The van der Waals surface area contributed by atoms with Gasteiger partial charge in [0.15, 0.2) is 0 Å². The first-order valence-electron chi connectivity index (χ1n) is 8.42. The Kier molecular flexibility index (Phi) is 5.40. The lowest BCUT2D eigenvalue weighted by Crippen LogP contribution is -2.51. The highest BCUT2D eigenvalue weighted by Crippen LogP contribution is 2.48. The molecule has 2 unspecified atom stereocenters. The average Bonchev–Trinajstić information content (AvgIpc) is 2.74. The SMILES string of the molecule is CCC(=NOC)[C@H]1[C@H](c2ccc(Cl)c(Cl)c2)CC2CC(O)[C@@H]1N2C. The van der Waals surface area contributed by atoms with Gasteiger partial charge in [-0.1, -0.05) is 41.3 Å². The van der Waals surface area contributed by atoms with Gasteiger partial charge >= 0.3 is 0 Å². The van der Waals surface area contributed by atoms with Crippen molar-refractivity contribution in [1.29, 1.82) is 0 Å². The van der Waals surface area contributed by atoms with E-state index in [1.54, 1.807) is 7.11 Å². The van der Waals surface area contributed by atoms with Crippen molar-refractivity contribution in [3.05, 3.63) is 33.8 Å². The van der Waals surface area contributed by atoms with Crippen molar-refractivity contribution < 1.29 is 9.94 Å². The van der Waals surface area contributed by atoms with Crippen molar-refractivity contribution in [3.63, 3.8) is 0 Å². The lowest BCUT2D eigenvalue weighted by molar-refractivity contribution is 0.0694. The Hall–Kier alpha value is -0.810. The van der Waals surface area contributed by atoms with E-state index in [4.69, 9.17) is 28.0 Å². The van der Waals surface area contributed by atoms with Gasteiger partial charge in [0.05, 0.1) is 21.9 Å². The van der Waals surface area contributed by atoms with Crippen LogP contribution in [0.1, 0.15) is 37.7 Å². The Bertz CT molecular complexity index is 637. The second kappa shape index (κ2) is 7.20. The van der Waals surface area contributed by atoms with E-state index in [0.717, 1.165) is 30.5 Å². The number of rotatable bonds is 4. The molecule has 2 heterocycles. The maximum atomic E-state index is 10.6. The highest BCUT2D eigenvalue weighted by atomic mass is 35.5. The van der Waals surface area contributed by atoms with Gasteiger partial charge in [0.2, 0.25) is 0 Å². The molecule has 0 amide bonds. The standard InChI is InChI=1S/C18H24Cl2N2O2/c1-4-15(21-24-3)17-12(10-5-6-13(19)14(20)7-10)8-11-9-16(23)18(17)22(11)2/h5-7,11-12,16-18,23H,4,8-9H2,1-3H3/t11?,12-,16?,17+,18-/m0/s1. The molecule has 24 heavy (non-hydrogen) atoms. The van der Waals surface area contributed by atoms with Crippen LogP contribution < -0.4 is 0 Å². The van der Waals surface area contributed by atoms with Crippen LogP contribution in [0.4, 0.5) is 0 Å². The van der Waals surface area contributed by atoms with Crippen LogP contribution in [0.5, 0.6) is 0 Å². The molecular weight excluding hydrogens is 347 g/mol. The number of hydrogen-bond donors (Lipinski definition) is 1. The molecule has 2 bridgehead atoms. The van der Waals surface area contributed by atoms with Crippen LogP contribution in [0.2, 0.25) is 10.0 Å². The smallest absolute Gasteiger partial charge is 0.106 e. The molecule has 132 valence electrons. The lowest BCUT2D eigenvalue weighted by atomic mass is 9.73. The third kappa shape index (κ3) is 3.05. The molecule has 1 N–H and O–H groups in total. The molecule has 2 aliphatic rings. The number of hydrogen-bond acceptors (Lipinski definition) is 4. The summed E-state index contributed by atoms with van der Waals surface area (Å²) in [7, 11) is 3.67. The molecule has 0 radical (unpaired) electrons. The quantitative estimate of drug-likeness (QED) is 0.644. The molecule has 2 saturated heterocycles. The summed E-state index contributed by atoms with van der Waals surface area (Å²) in [5, 5.41) is 16.1.